The average Bonchev–Trinajstić information content (AvgIpc) is 3.00. The summed E-state index contributed by atoms with van der Waals surface area (Å²) in [6.45, 7) is -0.0292. The Kier molecular flexibility index (Phi) is 3.85. The van der Waals surface area contributed by atoms with Crippen LogP contribution in [-0.2, 0) is 11.3 Å². The highest BCUT2D eigenvalue weighted by Crippen LogP contribution is 2.12. The number of hydrogen-bond acceptors (Lipinski definition) is 5. The number of carbonyl (C=O) groups is 1. The fourth-order valence-electron chi connectivity index (χ4n) is 1.81. The molecule has 0 aromatic carbocycles. The topological polar surface area (TPSA) is 60.7 Å². The molecule has 0 unspecified atom stereocenters. The van der Waals surface area contributed by atoms with Crippen LogP contribution in [0.3, 0.4) is 0 Å². The van der Waals surface area contributed by atoms with Gasteiger partial charge in [0, 0.05) is 16.7 Å². The molecule has 0 N–H and O–H groups in total. The number of rotatable bonds is 3. The maximum atomic E-state index is 12.0. The number of thiophene rings is 1. The van der Waals surface area contributed by atoms with E-state index in [-0.39, 0.29) is 12.2 Å². The van der Waals surface area contributed by atoms with Gasteiger partial charge < -0.3 is 4.74 Å². The van der Waals surface area contributed by atoms with Gasteiger partial charge in [-0.3, -0.25) is 9.20 Å². The van der Waals surface area contributed by atoms with Gasteiger partial charge in [-0.05, 0) is 39.5 Å². The van der Waals surface area contributed by atoms with Gasteiger partial charge >= 0.3 is 5.97 Å². The van der Waals surface area contributed by atoms with Crippen molar-refractivity contribution in [2.45, 2.75) is 6.61 Å². The molecule has 3 aromatic heterocycles. The highest BCUT2D eigenvalue weighted by molar-refractivity contribution is 9.10. The fraction of sp³-hybridized carbons (Fsp3) is 0.0714. The number of fused-ring (bicyclic) bond motifs is 1. The number of hydrogen-bond donors (Lipinski definition) is 0. The van der Waals surface area contributed by atoms with Crippen molar-refractivity contribution in [2.24, 2.45) is 0 Å². The second-order valence-corrected chi connectivity index (χ2v) is 6.08. The van der Waals surface area contributed by atoms with Gasteiger partial charge in [-0.1, -0.05) is 6.07 Å². The van der Waals surface area contributed by atoms with Gasteiger partial charge in [0.2, 0.25) is 0 Å². The van der Waals surface area contributed by atoms with Crippen LogP contribution in [0.1, 0.15) is 15.4 Å². The summed E-state index contributed by atoms with van der Waals surface area (Å²) in [4.78, 5) is 28.6. The molecule has 0 saturated heterocycles. The van der Waals surface area contributed by atoms with E-state index in [1.807, 2.05) is 0 Å². The van der Waals surface area contributed by atoms with E-state index in [1.165, 1.54) is 21.8 Å². The molecule has 0 spiro atoms. The Morgan fingerprint density at radius 1 is 1.38 bits per heavy atom. The van der Waals surface area contributed by atoms with Crippen LogP contribution < -0.4 is 5.56 Å². The quantitative estimate of drug-likeness (QED) is 0.670. The van der Waals surface area contributed by atoms with E-state index in [4.69, 9.17) is 4.74 Å². The summed E-state index contributed by atoms with van der Waals surface area (Å²) >= 11 is 4.61. The van der Waals surface area contributed by atoms with E-state index in [9.17, 15) is 9.59 Å². The van der Waals surface area contributed by atoms with Crippen LogP contribution in [-0.4, -0.2) is 15.4 Å². The van der Waals surface area contributed by atoms with Crippen molar-refractivity contribution >= 4 is 38.9 Å². The van der Waals surface area contributed by atoms with E-state index in [2.05, 4.69) is 20.9 Å². The third-order valence-corrected chi connectivity index (χ3v) is 4.07. The highest BCUT2D eigenvalue weighted by Gasteiger charge is 2.10. The van der Waals surface area contributed by atoms with Gasteiger partial charge in [0.15, 0.2) is 0 Å². The molecule has 0 radical (unpaired) electrons. The van der Waals surface area contributed by atoms with Crippen LogP contribution in [0, 0.1) is 0 Å². The van der Waals surface area contributed by atoms with Crippen molar-refractivity contribution in [1.29, 1.82) is 0 Å². The minimum Gasteiger partial charge on any atom is -0.455 e. The van der Waals surface area contributed by atoms with Gasteiger partial charge in [0.05, 0.1) is 5.69 Å². The van der Waals surface area contributed by atoms with Crippen molar-refractivity contribution in [2.75, 3.05) is 0 Å². The molecule has 106 valence electrons. The molecular weight excluding hydrogens is 356 g/mol. The number of pyridine rings is 1. The number of halogens is 1. The summed E-state index contributed by atoms with van der Waals surface area (Å²) < 4.78 is 7.36. The summed E-state index contributed by atoms with van der Waals surface area (Å²) in [5, 5.41) is 1.80. The van der Waals surface area contributed by atoms with E-state index >= 15 is 0 Å². The van der Waals surface area contributed by atoms with Crippen LogP contribution in [0.4, 0.5) is 0 Å². The number of nitrogens with zero attached hydrogens (tertiary/aromatic N) is 2. The Bertz CT molecular complexity index is 858. The molecule has 0 atom stereocenters. The zero-order valence-corrected chi connectivity index (χ0v) is 13.1. The van der Waals surface area contributed by atoms with Crippen molar-refractivity contribution in [1.82, 2.24) is 9.38 Å². The highest BCUT2D eigenvalue weighted by atomic mass is 79.9. The first kappa shape index (κ1) is 14.0. The smallest absolute Gasteiger partial charge is 0.348 e. The van der Waals surface area contributed by atoms with Crippen LogP contribution in [0.15, 0.2) is 51.2 Å². The summed E-state index contributed by atoms with van der Waals surface area (Å²) in [5.74, 6) is -0.414. The summed E-state index contributed by atoms with van der Waals surface area (Å²) in [6, 6.07) is 8.34. The summed E-state index contributed by atoms with van der Waals surface area (Å²) in [6.07, 6.45) is 1.64. The molecule has 0 bridgehead atoms. The number of carbonyl (C=O) groups excluding carboxylic acids is 1. The maximum absolute atomic E-state index is 12.0. The van der Waals surface area contributed by atoms with Crippen molar-refractivity contribution in [3.63, 3.8) is 0 Å². The lowest BCUT2D eigenvalue weighted by Crippen LogP contribution is -2.16. The number of ether oxygens (including phenoxy) is 1. The van der Waals surface area contributed by atoms with Crippen LogP contribution in [0.25, 0.3) is 5.65 Å². The summed E-state index contributed by atoms with van der Waals surface area (Å²) in [7, 11) is 0. The molecule has 3 heterocycles. The van der Waals surface area contributed by atoms with Crippen LogP contribution >= 0.6 is 27.3 Å². The van der Waals surface area contributed by atoms with Crippen LogP contribution in [0.2, 0.25) is 0 Å². The molecular formula is C14H9BrN2O3S. The van der Waals surface area contributed by atoms with Crippen molar-refractivity contribution < 1.29 is 9.53 Å². The maximum Gasteiger partial charge on any atom is 0.348 e. The molecule has 0 aliphatic rings. The van der Waals surface area contributed by atoms with Gasteiger partial charge in [0.25, 0.3) is 5.56 Å². The molecule has 0 aliphatic heterocycles. The predicted molar refractivity (Wildman–Crippen MR) is 82.6 cm³/mol. The van der Waals surface area contributed by atoms with E-state index < -0.39 is 5.97 Å². The van der Waals surface area contributed by atoms with Crippen molar-refractivity contribution in [3.8, 4) is 0 Å². The van der Waals surface area contributed by atoms with Gasteiger partial charge in [-0.25, -0.2) is 9.78 Å². The molecule has 0 aliphatic carbocycles. The standard InChI is InChI=1S/C14H9BrN2O3S/c15-9-3-4-12-16-10(6-13(18)17(12)7-9)8-20-14(19)11-2-1-5-21-11/h1-7H,8H2. The first-order valence-corrected chi connectivity index (χ1v) is 7.69. The summed E-state index contributed by atoms with van der Waals surface area (Å²) in [5.41, 5.74) is 0.712. The largest absolute Gasteiger partial charge is 0.455 e. The minimum atomic E-state index is -0.414. The van der Waals surface area contributed by atoms with Gasteiger partial charge in [-0.15, -0.1) is 11.3 Å². The average molecular weight is 365 g/mol. The number of esters is 1. The molecule has 0 fully saturated rings. The lowest BCUT2D eigenvalue weighted by atomic mass is 10.4. The molecule has 21 heavy (non-hydrogen) atoms. The first-order valence-electron chi connectivity index (χ1n) is 6.02. The SMILES string of the molecule is O=C(OCc1cc(=O)n2cc(Br)ccc2n1)c1cccs1. The normalized spacial score (nSPS) is 10.7. The lowest BCUT2D eigenvalue weighted by Gasteiger charge is -2.05. The zero-order chi connectivity index (χ0) is 14.8. The minimum absolute atomic E-state index is 0.0292. The Hall–Kier alpha value is -1.99. The fourth-order valence-corrected chi connectivity index (χ4v) is 2.76. The number of aromatic nitrogens is 2. The van der Waals surface area contributed by atoms with E-state index in [0.29, 0.717) is 16.2 Å². The monoisotopic (exact) mass is 364 g/mol. The molecule has 3 aromatic rings. The second-order valence-electron chi connectivity index (χ2n) is 4.21. The van der Waals surface area contributed by atoms with Crippen molar-refractivity contribution in [3.05, 3.63) is 67.3 Å². The predicted octanol–water partition coefficient (Wildman–Crippen LogP) is 2.88. The molecule has 7 heteroatoms. The van der Waals surface area contributed by atoms with Gasteiger partial charge in [0.1, 0.15) is 17.1 Å². The Labute approximate surface area is 132 Å². The Balaban J connectivity index is 1.83. The molecule has 5 nitrogen and oxygen atoms in total. The van der Waals surface area contributed by atoms with Crippen LogP contribution in [0.5, 0.6) is 0 Å². The third-order valence-electron chi connectivity index (χ3n) is 2.75. The molecule has 0 amide bonds. The Morgan fingerprint density at radius 3 is 3.00 bits per heavy atom. The van der Waals surface area contributed by atoms with E-state index in [0.717, 1.165) is 4.47 Å². The second kappa shape index (κ2) is 5.79. The van der Waals surface area contributed by atoms with E-state index in [1.54, 1.807) is 35.8 Å². The third kappa shape index (κ3) is 3.03. The molecule has 3 rings (SSSR count). The van der Waals surface area contributed by atoms with Gasteiger partial charge in [-0.2, -0.15) is 0 Å². The molecule has 0 saturated carbocycles. The first-order chi connectivity index (χ1) is 10.1. The lowest BCUT2D eigenvalue weighted by molar-refractivity contribution is 0.0473. The Morgan fingerprint density at radius 2 is 2.24 bits per heavy atom. The zero-order valence-electron chi connectivity index (χ0n) is 10.7.